The quantitative estimate of drug-likeness (QED) is 0.562. The van der Waals surface area contributed by atoms with Crippen molar-refractivity contribution in [3.05, 3.63) is 29.6 Å². The largest absolute Gasteiger partial charge is 0.399 e. The number of hydrogen-bond donors (Lipinski definition) is 3. The number of benzene rings is 1. The molecule has 66 valence electrons. The molecule has 0 aromatic heterocycles. The van der Waals surface area contributed by atoms with Crippen LogP contribution in [-0.4, -0.2) is 11.7 Å². The molecule has 1 aromatic carbocycles. The van der Waals surface area contributed by atoms with Gasteiger partial charge in [0.15, 0.2) is 0 Å². The van der Waals surface area contributed by atoms with Gasteiger partial charge in [0.2, 0.25) is 0 Å². The zero-order chi connectivity index (χ0) is 9.14. The lowest BCUT2D eigenvalue weighted by atomic mass is 10.1. The third-order valence-corrected chi connectivity index (χ3v) is 1.62. The van der Waals surface area contributed by atoms with Gasteiger partial charge in [-0.05, 0) is 12.1 Å². The number of nitrogen functional groups attached to an aromatic ring is 1. The number of nitrogens with two attached hydrogens (primary N) is 2. The topological polar surface area (TPSA) is 72.3 Å². The molecular formula is C8H11FN2O. The summed E-state index contributed by atoms with van der Waals surface area (Å²) < 4.78 is 13.0. The van der Waals surface area contributed by atoms with Gasteiger partial charge in [0.25, 0.3) is 0 Å². The van der Waals surface area contributed by atoms with Gasteiger partial charge in [-0.15, -0.1) is 0 Å². The van der Waals surface area contributed by atoms with E-state index >= 15 is 0 Å². The fourth-order valence-electron chi connectivity index (χ4n) is 0.942. The van der Waals surface area contributed by atoms with Gasteiger partial charge in [0.1, 0.15) is 5.82 Å². The van der Waals surface area contributed by atoms with Gasteiger partial charge in [-0.2, -0.15) is 0 Å². The summed E-state index contributed by atoms with van der Waals surface area (Å²) in [6.45, 7) is -0.277. The van der Waals surface area contributed by atoms with E-state index in [2.05, 4.69) is 0 Å². The second-order valence-corrected chi connectivity index (χ2v) is 2.57. The lowest BCUT2D eigenvalue weighted by Crippen LogP contribution is -2.16. The minimum absolute atomic E-state index is 0.277. The maximum absolute atomic E-state index is 13.0. The zero-order valence-electron chi connectivity index (χ0n) is 6.50. The third kappa shape index (κ3) is 1.72. The molecule has 0 unspecified atom stereocenters. The van der Waals surface area contributed by atoms with E-state index in [4.69, 9.17) is 16.6 Å². The van der Waals surface area contributed by atoms with E-state index in [0.29, 0.717) is 5.69 Å². The molecule has 0 bridgehead atoms. The molecule has 0 heterocycles. The predicted molar refractivity (Wildman–Crippen MR) is 44.8 cm³/mol. The minimum atomic E-state index is -0.675. The van der Waals surface area contributed by atoms with Gasteiger partial charge in [0.05, 0.1) is 12.6 Å². The van der Waals surface area contributed by atoms with Crippen molar-refractivity contribution in [1.82, 2.24) is 0 Å². The van der Waals surface area contributed by atoms with Crippen LogP contribution in [0.5, 0.6) is 0 Å². The van der Waals surface area contributed by atoms with E-state index in [0.717, 1.165) is 0 Å². The summed E-state index contributed by atoms with van der Waals surface area (Å²) in [5, 5.41) is 8.66. The highest BCUT2D eigenvalue weighted by Gasteiger charge is 2.09. The highest BCUT2D eigenvalue weighted by atomic mass is 19.1. The summed E-state index contributed by atoms with van der Waals surface area (Å²) in [6, 6.07) is 3.54. The van der Waals surface area contributed by atoms with Crippen LogP contribution < -0.4 is 11.5 Å². The number of aliphatic hydroxyl groups excluding tert-OH is 1. The molecule has 0 saturated carbocycles. The summed E-state index contributed by atoms with van der Waals surface area (Å²) >= 11 is 0. The van der Waals surface area contributed by atoms with Crippen LogP contribution in [0.25, 0.3) is 0 Å². The molecule has 0 aliphatic rings. The molecule has 0 aliphatic carbocycles. The Morgan fingerprint density at radius 3 is 2.67 bits per heavy atom. The summed E-state index contributed by atoms with van der Waals surface area (Å²) in [5.74, 6) is -0.475. The fourth-order valence-corrected chi connectivity index (χ4v) is 0.942. The monoisotopic (exact) mass is 170 g/mol. The zero-order valence-corrected chi connectivity index (χ0v) is 6.50. The SMILES string of the molecule is Nc1ccc([C@@H](N)CO)c(F)c1. The molecular weight excluding hydrogens is 159 g/mol. The van der Waals surface area contributed by atoms with E-state index in [1.807, 2.05) is 0 Å². The lowest BCUT2D eigenvalue weighted by Gasteiger charge is -2.09. The fraction of sp³-hybridized carbons (Fsp3) is 0.250. The second kappa shape index (κ2) is 3.51. The number of hydrogen-bond acceptors (Lipinski definition) is 3. The van der Waals surface area contributed by atoms with Gasteiger partial charge in [-0.3, -0.25) is 0 Å². The number of rotatable bonds is 2. The summed E-state index contributed by atoms with van der Waals surface area (Å²) in [7, 11) is 0. The van der Waals surface area contributed by atoms with Crippen molar-refractivity contribution in [2.24, 2.45) is 5.73 Å². The van der Waals surface area contributed by atoms with E-state index < -0.39 is 11.9 Å². The van der Waals surface area contributed by atoms with Crippen molar-refractivity contribution in [2.45, 2.75) is 6.04 Å². The molecule has 5 N–H and O–H groups in total. The molecule has 1 atom stereocenters. The van der Waals surface area contributed by atoms with E-state index in [1.165, 1.54) is 12.1 Å². The first-order chi connectivity index (χ1) is 5.65. The molecule has 3 nitrogen and oxygen atoms in total. The van der Waals surface area contributed by atoms with Crippen LogP contribution in [0.1, 0.15) is 11.6 Å². The molecule has 1 rings (SSSR count). The minimum Gasteiger partial charge on any atom is -0.399 e. The summed E-state index contributed by atoms with van der Waals surface area (Å²) in [4.78, 5) is 0. The van der Waals surface area contributed by atoms with E-state index in [9.17, 15) is 4.39 Å². The van der Waals surface area contributed by atoms with Crippen LogP contribution in [0.15, 0.2) is 18.2 Å². The van der Waals surface area contributed by atoms with Crippen molar-refractivity contribution >= 4 is 5.69 Å². The molecule has 0 saturated heterocycles. The first kappa shape index (κ1) is 8.96. The van der Waals surface area contributed by atoms with Crippen molar-refractivity contribution in [3.8, 4) is 0 Å². The van der Waals surface area contributed by atoms with Gasteiger partial charge in [-0.25, -0.2) is 4.39 Å². The van der Waals surface area contributed by atoms with Crippen LogP contribution in [0, 0.1) is 5.82 Å². The maximum Gasteiger partial charge on any atom is 0.130 e. The van der Waals surface area contributed by atoms with Crippen LogP contribution in [0.4, 0.5) is 10.1 Å². The Morgan fingerprint density at radius 1 is 1.50 bits per heavy atom. The van der Waals surface area contributed by atoms with Crippen LogP contribution >= 0.6 is 0 Å². The predicted octanol–water partition coefficient (Wildman–Crippen LogP) is 0.400. The van der Waals surface area contributed by atoms with Gasteiger partial charge < -0.3 is 16.6 Å². The highest BCUT2D eigenvalue weighted by Crippen LogP contribution is 2.16. The molecule has 12 heavy (non-hydrogen) atoms. The number of halogens is 1. The average molecular weight is 170 g/mol. The van der Waals surface area contributed by atoms with Gasteiger partial charge in [-0.1, -0.05) is 6.07 Å². The smallest absolute Gasteiger partial charge is 0.130 e. The van der Waals surface area contributed by atoms with Crippen LogP contribution in [0.2, 0.25) is 0 Å². The second-order valence-electron chi connectivity index (χ2n) is 2.57. The van der Waals surface area contributed by atoms with Gasteiger partial charge in [0, 0.05) is 11.3 Å². The first-order valence-electron chi connectivity index (χ1n) is 3.56. The Hall–Kier alpha value is -1.13. The standard InChI is InChI=1S/C8H11FN2O/c9-7-3-5(10)1-2-6(7)8(11)4-12/h1-3,8,12H,4,10-11H2/t8-/m0/s1. The molecule has 0 fully saturated rings. The summed E-state index contributed by atoms with van der Waals surface area (Å²) in [6.07, 6.45) is 0. The van der Waals surface area contributed by atoms with Crippen molar-refractivity contribution in [1.29, 1.82) is 0 Å². The number of aliphatic hydroxyl groups is 1. The van der Waals surface area contributed by atoms with E-state index in [-0.39, 0.29) is 12.2 Å². The van der Waals surface area contributed by atoms with Gasteiger partial charge >= 0.3 is 0 Å². The third-order valence-electron chi connectivity index (χ3n) is 1.62. The van der Waals surface area contributed by atoms with Crippen LogP contribution in [0.3, 0.4) is 0 Å². The Bertz CT molecular complexity index is 278. The first-order valence-corrected chi connectivity index (χ1v) is 3.56. The molecule has 1 aromatic rings. The summed E-state index contributed by atoms with van der Waals surface area (Å²) in [5.41, 5.74) is 11.4. The molecule has 0 radical (unpaired) electrons. The Labute approximate surface area is 69.8 Å². The Balaban J connectivity index is 3.01. The Morgan fingerprint density at radius 2 is 2.17 bits per heavy atom. The lowest BCUT2D eigenvalue weighted by molar-refractivity contribution is 0.265. The molecule has 0 aliphatic heterocycles. The van der Waals surface area contributed by atoms with Crippen molar-refractivity contribution in [2.75, 3.05) is 12.3 Å². The van der Waals surface area contributed by atoms with Crippen LogP contribution in [-0.2, 0) is 0 Å². The molecule has 4 heteroatoms. The average Bonchev–Trinajstić information content (AvgIpc) is 2.03. The highest BCUT2D eigenvalue weighted by molar-refractivity contribution is 5.41. The van der Waals surface area contributed by atoms with Crippen molar-refractivity contribution < 1.29 is 9.50 Å². The maximum atomic E-state index is 13.0. The number of anilines is 1. The van der Waals surface area contributed by atoms with Crippen molar-refractivity contribution in [3.63, 3.8) is 0 Å². The van der Waals surface area contributed by atoms with E-state index in [1.54, 1.807) is 6.07 Å². The molecule has 0 amide bonds. The Kier molecular flexibility index (Phi) is 2.62. The normalized spacial score (nSPS) is 12.9. The molecule has 0 spiro atoms.